The van der Waals surface area contributed by atoms with Gasteiger partial charge in [-0.25, -0.2) is 0 Å². The van der Waals surface area contributed by atoms with Gasteiger partial charge in [-0.05, 0) is 72.3 Å². The normalized spacial score (nSPS) is 11.5. The molecule has 8 heteroatoms. The number of aromatic nitrogens is 1. The van der Waals surface area contributed by atoms with Crippen molar-refractivity contribution in [2.24, 2.45) is 0 Å². The molecule has 0 radical (unpaired) electrons. The van der Waals surface area contributed by atoms with Crippen molar-refractivity contribution in [3.8, 4) is 28.7 Å². The highest BCUT2D eigenvalue weighted by Crippen LogP contribution is 2.38. The molecule has 0 saturated heterocycles. The van der Waals surface area contributed by atoms with Crippen LogP contribution in [0.25, 0.3) is 10.9 Å². The third-order valence-corrected chi connectivity index (χ3v) is 6.40. The molecule has 0 aliphatic carbocycles. The molecule has 5 rings (SSSR count). The van der Waals surface area contributed by atoms with Crippen molar-refractivity contribution in [3.05, 3.63) is 119 Å². The van der Waals surface area contributed by atoms with Crippen LogP contribution >= 0.6 is 11.6 Å². The van der Waals surface area contributed by atoms with Gasteiger partial charge in [0.05, 0.1) is 18.2 Å². The van der Waals surface area contributed by atoms with E-state index in [0.717, 1.165) is 5.75 Å². The van der Waals surface area contributed by atoms with E-state index < -0.39 is 11.9 Å². The van der Waals surface area contributed by atoms with E-state index in [1.165, 1.54) is 0 Å². The number of nitrogens with one attached hydrogen (secondary N) is 1. The van der Waals surface area contributed by atoms with Gasteiger partial charge in [0.25, 0.3) is 5.91 Å². The molecular formula is C31H25ClN2O5. The highest BCUT2D eigenvalue weighted by atomic mass is 35.5. The second kappa shape index (κ2) is 11.8. The topological polar surface area (TPSA) is 89.9 Å². The van der Waals surface area contributed by atoms with E-state index in [9.17, 15) is 9.90 Å². The summed E-state index contributed by atoms with van der Waals surface area (Å²) < 4.78 is 16.8. The number of aromatic hydroxyl groups is 1. The Labute approximate surface area is 230 Å². The maximum absolute atomic E-state index is 13.0. The van der Waals surface area contributed by atoms with Gasteiger partial charge in [-0.15, -0.1) is 0 Å². The smallest absolute Gasteiger partial charge is 0.258 e. The van der Waals surface area contributed by atoms with Crippen LogP contribution in [0.5, 0.6) is 28.7 Å². The Morgan fingerprint density at radius 3 is 2.28 bits per heavy atom. The van der Waals surface area contributed by atoms with E-state index in [-0.39, 0.29) is 12.4 Å². The van der Waals surface area contributed by atoms with Gasteiger partial charge in [0.1, 0.15) is 34.3 Å². The van der Waals surface area contributed by atoms with Crippen LogP contribution < -0.4 is 19.5 Å². The van der Waals surface area contributed by atoms with Crippen LogP contribution in [0.3, 0.4) is 0 Å². The maximum atomic E-state index is 13.0. The average molecular weight is 541 g/mol. The van der Waals surface area contributed by atoms with Gasteiger partial charge in [0.15, 0.2) is 6.61 Å². The van der Waals surface area contributed by atoms with Crippen molar-refractivity contribution in [3.63, 3.8) is 0 Å². The number of halogens is 1. The highest BCUT2D eigenvalue weighted by molar-refractivity contribution is 6.35. The molecule has 196 valence electrons. The Balaban J connectivity index is 1.34. The minimum absolute atomic E-state index is 0.0639. The first kappa shape index (κ1) is 25.9. The Morgan fingerprint density at radius 1 is 0.897 bits per heavy atom. The fourth-order valence-corrected chi connectivity index (χ4v) is 4.41. The monoisotopic (exact) mass is 540 g/mol. The number of rotatable bonds is 9. The number of carbonyl (C=O) groups is 1. The summed E-state index contributed by atoms with van der Waals surface area (Å²) in [6.45, 7) is -0.244. The number of fused-ring (bicyclic) bond motifs is 1. The van der Waals surface area contributed by atoms with Crippen LogP contribution in [-0.2, 0) is 4.79 Å². The predicted molar refractivity (Wildman–Crippen MR) is 150 cm³/mol. The second-order valence-corrected chi connectivity index (χ2v) is 9.05. The van der Waals surface area contributed by atoms with Crippen molar-refractivity contribution in [2.45, 2.75) is 6.04 Å². The van der Waals surface area contributed by atoms with Gasteiger partial charge in [-0.3, -0.25) is 9.78 Å². The summed E-state index contributed by atoms with van der Waals surface area (Å²) in [7, 11) is 1.58. The molecule has 1 unspecified atom stereocenters. The van der Waals surface area contributed by atoms with E-state index in [4.69, 9.17) is 25.8 Å². The summed E-state index contributed by atoms with van der Waals surface area (Å²) in [6.07, 6.45) is 1.58. The Morgan fingerprint density at radius 2 is 1.56 bits per heavy atom. The molecule has 0 aliphatic heterocycles. The zero-order valence-electron chi connectivity index (χ0n) is 21.0. The SMILES string of the molecule is COc1ccc(C(NC(=O)COc2ccc(Oc3ccccc3)cc2)c2cc(Cl)c3cccnc3c2O)cc1. The first-order chi connectivity index (χ1) is 19.0. The maximum Gasteiger partial charge on any atom is 0.258 e. The molecule has 5 aromatic rings. The number of hydrogen-bond acceptors (Lipinski definition) is 6. The molecule has 7 nitrogen and oxygen atoms in total. The molecule has 0 saturated carbocycles. The number of benzene rings is 4. The van der Waals surface area contributed by atoms with Gasteiger partial charge in [0.2, 0.25) is 0 Å². The first-order valence-corrected chi connectivity index (χ1v) is 12.5. The van der Waals surface area contributed by atoms with Crippen LogP contribution in [-0.4, -0.2) is 29.7 Å². The number of para-hydroxylation sites is 1. The standard InChI is InChI=1S/C31H25ClN2O5/c1-37-21-11-9-20(10-12-21)29(26-18-27(32)25-8-5-17-33-30(25)31(26)36)34-28(35)19-38-22-13-15-24(16-14-22)39-23-6-3-2-4-7-23/h2-18,29,36H,19H2,1H3,(H,34,35). The predicted octanol–water partition coefficient (Wildman–Crippen LogP) is 6.68. The molecule has 4 aromatic carbocycles. The third-order valence-electron chi connectivity index (χ3n) is 6.08. The molecule has 0 aliphatic rings. The molecule has 0 spiro atoms. The zero-order valence-corrected chi connectivity index (χ0v) is 21.8. The van der Waals surface area contributed by atoms with Gasteiger partial charge in [-0.2, -0.15) is 0 Å². The summed E-state index contributed by atoms with van der Waals surface area (Å²) in [6, 6.07) is 28.1. The summed E-state index contributed by atoms with van der Waals surface area (Å²) in [5.41, 5.74) is 1.47. The van der Waals surface area contributed by atoms with E-state index in [2.05, 4.69) is 10.3 Å². The number of pyridine rings is 1. The lowest BCUT2D eigenvalue weighted by Gasteiger charge is -2.22. The fourth-order valence-electron chi connectivity index (χ4n) is 4.14. The Kier molecular flexibility index (Phi) is 7.80. The van der Waals surface area contributed by atoms with Crippen LogP contribution in [0.1, 0.15) is 17.2 Å². The number of methoxy groups -OCH3 is 1. The number of phenols is 1. The molecule has 1 atom stereocenters. The van der Waals surface area contributed by atoms with Crippen molar-refractivity contribution in [1.29, 1.82) is 0 Å². The minimum Gasteiger partial charge on any atom is -0.505 e. The van der Waals surface area contributed by atoms with E-state index in [0.29, 0.717) is 44.3 Å². The lowest BCUT2D eigenvalue weighted by atomic mass is 9.96. The third kappa shape index (κ3) is 6.05. The number of nitrogens with zero attached hydrogens (tertiary/aromatic N) is 1. The number of ether oxygens (including phenoxy) is 3. The molecule has 1 amide bonds. The first-order valence-electron chi connectivity index (χ1n) is 12.2. The largest absolute Gasteiger partial charge is 0.505 e. The second-order valence-electron chi connectivity index (χ2n) is 8.64. The fraction of sp³-hybridized carbons (Fsp3) is 0.0968. The van der Waals surface area contributed by atoms with Crippen molar-refractivity contribution in [1.82, 2.24) is 10.3 Å². The van der Waals surface area contributed by atoms with Crippen LogP contribution in [0, 0.1) is 0 Å². The van der Waals surface area contributed by atoms with Crippen LogP contribution in [0.2, 0.25) is 5.02 Å². The highest BCUT2D eigenvalue weighted by Gasteiger charge is 2.24. The summed E-state index contributed by atoms with van der Waals surface area (Å²) in [5, 5.41) is 15.1. The number of amides is 1. The van der Waals surface area contributed by atoms with E-state index in [1.54, 1.807) is 67.9 Å². The van der Waals surface area contributed by atoms with Gasteiger partial charge >= 0.3 is 0 Å². The number of phenolic OH excluding ortho intramolecular Hbond substituents is 1. The van der Waals surface area contributed by atoms with Crippen molar-refractivity contribution in [2.75, 3.05) is 13.7 Å². The molecule has 39 heavy (non-hydrogen) atoms. The minimum atomic E-state index is -0.724. The van der Waals surface area contributed by atoms with Crippen LogP contribution in [0.4, 0.5) is 0 Å². The molecule has 2 N–H and O–H groups in total. The quantitative estimate of drug-likeness (QED) is 0.217. The van der Waals surface area contributed by atoms with E-state index >= 15 is 0 Å². The van der Waals surface area contributed by atoms with Crippen molar-refractivity contribution >= 4 is 28.4 Å². The molecular weight excluding hydrogens is 516 g/mol. The van der Waals surface area contributed by atoms with Gasteiger partial charge in [-0.1, -0.05) is 41.9 Å². The lowest BCUT2D eigenvalue weighted by molar-refractivity contribution is -0.123. The summed E-state index contributed by atoms with van der Waals surface area (Å²) >= 11 is 6.54. The van der Waals surface area contributed by atoms with E-state index in [1.807, 2.05) is 42.5 Å². The molecule has 1 heterocycles. The van der Waals surface area contributed by atoms with Gasteiger partial charge < -0.3 is 24.6 Å². The number of hydrogen-bond donors (Lipinski definition) is 2. The summed E-state index contributed by atoms with van der Waals surface area (Å²) in [5.74, 6) is 2.09. The Bertz CT molecular complexity index is 1580. The molecule has 0 bridgehead atoms. The average Bonchev–Trinajstić information content (AvgIpc) is 2.98. The lowest BCUT2D eigenvalue weighted by Crippen LogP contribution is -2.33. The molecule has 1 aromatic heterocycles. The van der Waals surface area contributed by atoms with Crippen LogP contribution in [0.15, 0.2) is 103 Å². The Hall–Kier alpha value is -4.75. The number of carbonyl (C=O) groups excluding carboxylic acids is 1. The van der Waals surface area contributed by atoms with Gasteiger partial charge in [0, 0.05) is 17.1 Å². The summed E-state index contributed by atoms with van der Waals surface area (Å²) in [4.78, 5) is 17.3. The molecule has 0 fully saturated rings. The zero-order chi connectivity index (χ0) is 27.2. The van der Waals surface area contributed by atoms with Crippen molar-refractivity contribution < 1.29 is 24.1 Å².